The monoisotopic (exact) mass is 1320 g/mol. The van der Waals surface area contributed by atoms with Gasteiger partial charge in [0.1, 0.15) is 30.8 Å². The van der Waals surface area contributed by atoms with Gasteiger partial charge in [-0.15, -0.1) is 0 Å². The lowest BCUT2D eigenvalue weighted by atomic mass is 9.82. The molecule has 10 atom stereocenters. The predicted octanol–water partition coefficient (Wildman–Crippen LogP) is 4.96. The molecule has 2 aliphatic heterocycles. The molecule has 2 fully saturated rings. The minimum Gasteiger partial charge on any atom is -0.445 e. The molecule has 10 amide bonds. The number of methoxy groups -OCH3 is 2. The third-order valence-corrected chi connectivity index (χ3v) is 18.2. The number of aliphatic hydroxyl groups is 1. The number of hydrogen-bond acceptors (Lipinski definition) is 17. The fraction of sp³-hybridized carbons (Fsp3) is 0.632. The van der Waals surface area contributed by atoms with Crippen molar-refractivity contribution >= 4 is 71.1 Å². The highest BCUT2D eigenvalue weighted by Gasteiger charge is 2.43. The van der Waals surface area contributed by atoms with Gasteiger partial charge in [-0.3, -0.25) is 53.0 Å². The lowest BCUT2D eigenvalue weighted by Gasteiger charge is -2.40. The summed E-state index contributed by atoms with van der Waals surface area (Å²) in [4.78, 5) is 152. The number of anilines is 1. The number of hydrogen-bond donors (Lipinski definition) is 6. The van der Waals surface area contributed by atoms with Crippen LogP contribution in [0.3, 0.4) is 0 Å². The molecular weight excluding hydrogens is 1210 g/mol. The van der Waals surface area contributed by atoms with Crippen LogP contribution in [0, 0.1) is 47.3 Å². The number of imide groups is 1. The maximum Gasteiger partial charge on any atom is 0.410 e. The molecule has 1 saturated carbocycles. The topological polar surface area (TPSA) is 327 Å². The number of likely N-dealkylation sites (tertiary alicyclic amines) is 1. The molecule has 26 heteroatoms. The molecule has 2 heterocycles. The smallest absolute Gasteiger partial charge is 0.410 e. The Balaban J connectivity index is 1.08. The van der Waals surface area contributed by atoms with E-state index in [0.717, 1.165) is 5.56 Å². The summed E-state index contributed by atoms with van der Waals surface area (Å²) in [5, 5.41) is 23.6. The summed E-state index contributed by atoms with van der Waals surface area (Å²) in [7, 11) is 6.17. The van der Waals surface area contributed by atoms with E-state index in [2.05, 4.69) is 26.6 Å². The summed E-state index contributed by atoms with van der Waals surface area (Å²) in [5.41, 5.74) is 1.89. The van der Waals surface area contributed by atoms with Crippen molar-refractivity contribution in [2.24, 2.45) is 47.3 Å². The lowest BCUT2D eigenvalue weighted by Crippen LogP contribution is -2.60. The van der Waals surface area contributed by atoms with E-state index in [1.807, 2.05) is 51.1 Å². The zero-order valence-electron chi connectivity index (χ0n) is 56.9. The molecule has 3 aliphatic rings. The number of ether oxygens (including phenoxy) is 5. The molecule has 26 nitrogen and oxygen atoms in total. The molecule has 0 aromatic heterocycles. The van der Waals surface area contributed by atoms with E-state index in [9.17, 15) is 57.8 Å². The number of carbonyl (C=O) groups is 11. The third kappa shape index (κ3) is 21.8. The first-order valence-electron chi connectivity index (χ1n) is 32.7. The van der Waals surface area contributed by atoms with Crippen molar-refractivity contribution in [2.45, 2.75) is 163 Å². The Morgan fingerprint density at radius 3 is 1.89 bits per heavy atom. The van der Waals surface area contributed by atoms with Crippen molar-refractivity contribution in [2.75, 3.05) is 73.2 Å². The predicted molar refractivity (Wildman–Crippen MR) is 347 cm³/mol. The molecule has 0 bridgehead atoms. The first kappa shape index (κ1) is 76.7. The van der Waals surface area contributed by atoms with Gasteiger partial charge in [0.05, 0.1) is 43.1 Å². The molecule has 0 radical (unpaired) electrons. The normalized spacial score (nSPS) is 19.2. The van der Waals surface area contributed by atoms with Gasteiger partial charge in [0.2, 0.25) is 42.2 Å². The Morgan fingerprint density at radius 2 is 1.32 bits per heavy atom. The second-order valence-corrected chi connectivity index (χ2v) is 25.9. The van der Waals surface area contributed by atoms with Crippen LogP contribution >= 0.6 is 0 Å². The van der Waals surface area contributed by atoms with Gasteiger partial charge in [0.25, 0.3) is 11.8 Å². The molecule has 2 unspecified atom stereocenters. The van der Waals surface area contributed by atoms with E-state index in [0.29, 0.717) is 70.1 Å². The average Bonchev–Trinajstić information content (AvgIpc) is 1.37. The summed E-state index contributed by atoms with van der Waals surface area (Å²) >= 11 is 0. The molecule has 2 aromatic rings. The minimum absolute atomic E-state index is 0.0214. The Labute approximate surface area is 552 Å². The molecule has 1 saturated heterocycles. The van der Waals surface area contributed by atoms with Crippen LogP contribution < -0.4 is 26.6 Å². The Kier molecular flexibility index (Phi) is 30.4. The number of rotatable bonds is 34. The lowest BCUT2D eigenvalue weighted by molar-refractivity contribution is -0.159. The minimum atomic E-state index is -1.46. The van der Waals surface area contributed by atoms with Gasteiger partial charge in [-0.2, -0.15) is 0 Å². The van der Waals surface area contributed by atoms with Crippen LogP contribution in [0.15, 0.2) is 66.7 Å². The van der Waals surface area contributed by atoms with E-state index < -0.39 is 127 Å². The maximum atomic E-state index is 14.7. The molecule has 520 valence electrons. The third-order valence-electron chi connectivity index (χ3n) is 18.2. The second kappa shape index (κ2) is 37.2. The standard InChI is InChI=1S/C68H101N9O17/c1-14-43(8)59(52(90-12)34-55(81)76-33-31-49(36-76)60(91-13)44(9)61(82)69-32-30-45-18-16-15-17-19-45)74(10)65(86)57(41(4)5)72-64(85)58(42(6)7)75(11)68(89)92-38-47-22-26-50(27-23-47)70-62(83)51(37-78)71-63(84)56(40(2)3)73-67(88)94-39-93-66(87)48-24-20-46(21-25-48)35-77-53(79)28-29-54(77)80/h15-19,22-23,26-29,40-44,46,48-49,51-52,56-60,78H,14,20-21,24-25,30-39H2,1-13H3,(H,69,82)(H,70,83)(H,71,84)(H,72,85)(H,73,88)/t43?,44-,46?,48?,49-,51?,52-,56+,57+,58+,59+,60-/m1/s1. The van der Waals surface area contributed by atoms with Crippen LogP contribution in [0.5, 0.6) is 0 Å². The van der Waals surface area contributed by atoms with Crippen molar-refractivity contribution in [1.82, 2.24) is 40.9 Å². The summed E-state index contributed by atoms with van der Waals surface area (Å²) < 4.78 is 27.8. The number of carbonyl (C=O) groups excluding carboxylic acids is 11. The Morgan fingerprint density at radius 1 is 0.681 bits per heavy atom. The maximum absolute atomic E-state index is 14.7. The number of likely N-dealkylation sites (N-methyl/N-ethyl adjacent to an activating group) is 2. The zero-order chi connectivity index (χ0) is 69.5. The van der Waals surface area contributed by atoms with Gasteiger partial charge in [0, 0.05) is 78.3 Å². The molecule has 94 heavy (non-hydrogen) atoms. The van der Waals surface area contributed by atoms with Crippen molar-refractivity contribution in [3.63, 3.8) is 0 Å². The van der Waals surface area contributed by atoms with Crippen LogP contribution in [-0.2, 0) is 79.9 Å². The highest BCUT2D eigenvalue weighted by Crippen LogP contribution is 2.32. The number of aliphatic hydroxyl groups excluding tert-OH is 1. The van der Waals surface area contributed by atoms with E-state index in [4.69, 9.17) is 23.7 Å². The van der Waals surface area contributed by atoms with Gasteiger partial charge in [-0.1, -0.05) is 111 Å². The van der Waals surface area contributed by atoms with Crippen molar-refractivity contribution in [1.29, 1.82) is 0 Å². The largest absolute Gasteiger partial charge is 0.445 e. The summed E-state index contributed by atoms with van der Waals surface area (Å²) in [5.74, 6) is -6.63. The fourth-order valence-corrected chi connectivity index (χ4v) is 12.4. The fourth-order valence-electron chi connectivity index (χ4n) is 12.4. The molecule has 6 N–H and O–H groups in total. The first-order valence-corrected chi connectivity index (χ1v) is 32.7. The highest BCUT2D eigenvalue weighted by atomic mass is 16.7. The first-order chi connectivity index (χ1) is 44.6. The summed E-state index contributed by atoms with van der Waals surface area (Å²) in [6.07, 6.45) is 3.48. The van der Waals surface area contributed by atoms with Crippen LogP contribution in [0.2, 0.25) is 0 Å². The van der Waals surface area contributed by atoms with Crippen molar-refractivity contribution in [3.05, 3.63) is 77.9 Å². The van der Waals surface area contributed by atoms with E-state index in [-0.39, 0.29) is 66.6 Å². The van der Waals surface area contributed by atoms with Gasteiger partial charge in [-0.05, 0) is 91.4 Å². The number of amides is 10. The van der Waals surface area contributed by atoms with E-state index >= 15 is 0 Å². The highest BCUT2D eigenvalue weighted by molar-refractivity contribution is 6.12. The molecular formula is C68H101N9O17. The van der Waals surface area contributed by atoms with Gasteiger partial charge in [0.15, 0.2) is 0 Å². The Bertz CT molecular complexity index is 2900. The number of nitrogens with one attached hydrogen (secondary N) is 5. The van der Waals surface area contributed by atoms with Crippen LogP contribution in [-0.4, -0.2) is 200 Å². The summed E-state index contributed by atoms with van der Waals surface area (Å²) in [6.45, 7) is 16.1. The van der Waals surface area contributed by atoms with Crippen LogP contribution in [0.4, 0.5) is 15.3 Å². The van der Waals surface area contributed by atoms with Crippen molar-refractivity contribution < 1.29 is 81.5 Å². The van der Waals surface area contributed by atoms with Crippen LogP contribution in [0.25, 0.3) is 0 Å². The van der Waals surface area contributed by atoms with Gasteiger partial charge < -0.3 is 65.2 Å². The summed E-state index contributed by atoms with van der Waals surface area (Å²) in [6, 6.07) is 10.7. The number of esters is 1. The Hall–Kier alpha value is -7.97. The van der Waals surface area contributed by atoms with E-state index in [1.165, 1.54) is 48.2 Å². The average molecular weight is 1320 g/mol. The number of alkyl carbamates (subject to hydrolysis) is 1. The molecule has 0 spiro atoms. The zero-order valence-corrected chi connectivity index (χ0v) is 56.9. The molecule has 1 aliphatic carbocycles. The van der Waals surface area contributed by atoms with E-state index in [1.54, 1.807) is 77.6 Å². The SMILES string of the molecule is CCC(C)[C@@H]([C@@H](CC(=O)N1CC[C@@H]([C@H](OC)[C@@H](C)C(=O)NCCc2ccccc2)C1)OC)N(C)C(=O)[C@@H](NC(=O)[C@H](C(C)C)N(C)C(=O)OCc1ccc(NC(=O)C(CO)NC(=O)[C@@H](NC(=O)OCOC(=O)C2CCC(CN3C(=O)C=CC3=O)CC2)C(C)C)cc1)C(C)C. The van der Waals surface area contributed by atoms with Crippen LogP contribution in [0.1, 0.15) is 118 Å². The van der Waals surface area contributed by atoms with Gasteiger partial charge in [-0.25, -0.2) is 9.59 Å². The van der Waals surface area contributed by atoms with Gasteiger partial charge >= 0.3 is 18.2 Å². The second-order valence-electron chi connectivity index (χ2n) is 25.9. The number of nitrogens with zero attached hydrogens (tertiary/aromatic N) is 4. The quantitative estimate of drug-likeness (QED) is 0.0306. The molecule has 5 rings (SSSR count). The molecule has 2 aromatic carbocycles. The number of benzene rings is 2. The van der Waals surface area contributed by atoms with Crippen molar-refractivity contribution in [3.8, 4) is 0 Å².